The Morgan fingerprint density at radius 2 is 2.35 bits per heavy atom. The molecule has 1 unspecified atom stereocenters. The Morgan fingerprint density at radius 3 is 3.10 bits per heavy atom. The molecule has 0 saturated carbocycles. The fourth-order valence-corrected chi connectivity index (χ4v) is 2.59. The average molecular weight is 344 g/mol. The van der Waals surface area contributed by atoms with Crippen LogP contribution in [0.1, 0.15) is 18.4 Å². The Labute approximate surface area is 128 Å². The van der Waals surface area contributed by atoms with Crippen molar-refractivity contribution in [3.8, 4) is 5.75 Å². The van der Waals surface area contributed by atoms with Gasteiger partial charge in [-0.05, 0) is 31.0 Å². The van der Waals surface area contributed by atoms with E-state index in [1.165, 1.54) is 0 Å². The lowest BCUT2D eigenvalue weighted by atomic mass is 10.2. The Morgan fingerprint density at radius 1 is 1.45 bits per heavy atom. The molecule has 112 valence electrons. The molecule has 1 aromatic carbocycles. The van der Waals surface area contributed by atoms with Crippen LogP contribution in [0, 0.1) is 0 Å². The third kappa shape index (κ3) is 5.05. The van der Waals surface area contributed by atoms with Crippen LogP contribution in [0.25, 0.3) is 0 Å². The largest absolute Gasteiger partial charge is 0.491 e. The van der Waals surface area contributed by atoms with Crippen LogP contribution in [0.4, 0.5) is 0 Å². The summed E-state index contributed by atoms with van der Waals surface area (Å²) < 4.78 is 17.6. The van der Waals surface area contributed by atoms with Gasteiger partial charge in [-0.2, -0.15) is 0 Å². The van der Waals surface area contributed by atoms with Crippen molar-refractivity contribution in [1.29, 1.82) is 0 Å². The predicted octanol–water partition coefficient (Wildman–Crippen LogP) is 2.74. The monoisotopic (exact) mass is 343 g/mol. The summed E-state index contributed by atoms with van der Waals surface area (Å²) >= 11 is 3.50. The fraction of sp³-hybridized carbons (Fsp3) is 0.600. The lowest BCUT2D eigenvalue weighted by Crippen LogP contribution is -2.20. The van der Waals surface area contributed by atoms with Gasteiger partial charge in [0.1, 0.15) is 12.4 Å². The highest BCUT2D eigenvalue weighted by molar-refractivity contribution is 9.10. The average Bonchev–Trinajstić information content (AvgIpc) is 2.96. The van der Waals surface area contributed by atoms with Gasteiger partial charge in [0.05, 0.1) is 12.7 Å². The molecule has 2 rings (SSSR count). The van der Waals surface area contributed by atoms with Gasteiger partial charge in [-0.15, -0.1) is 0 Å². The van der Waals surface area contributed by atoms with E-state index in [0.29, 0.717) is 13.2 Å². The van der Waals surface area contributed by atoms with E-state index in [-0.39, 0.29) is 6.10 Å². The number of hydrogen-bond acceptors (Lipinski definition) is 4. The Hall–Kier alpha value is -0.620. The first kappa shape index (κ1) is 15.8. The van der Waals surface area contributed by atoms with Crippen LogP contribution in [0.2, 0.25) is 0 Å². The number of ether oxygens (including phenoxy) is 3. The number of nitrogens with one attached hydrogen (secondary N) is 1. The molecule has 0 radical (unpaired) electrons. The molecule has 20 heavy (non-hydrogen) atoms. The molecule has 4 nitrogen and oxygen atoms in total. The van der Waals surface area contributed by atoms with Gasteiger partial charge in [0, 0.05) is 36.8 Å². The second kappa shape index (κ2) is 8.62. The number of methoxy groups -OCH3 is 1. The molecular weight excluding hydrogens is 322 g/mol. The summed E-state index contributed by atoms with van der Waals surface area (Å²) in [5.74, 6) is 0.925. The first-order valence-corrected chi connectivity index (χ1v) is 7.81. The second-order valence-corrected chi connectivity index (χ2v) is 5.78. The quantitative estimate of drug-likeness (QED) is 0.736. The van der Waals surface area contributed by atoms with Gasteiger partial charge >= 0.3 is 0 Å². The van der Waals surface area contributed by atoms with Crippen LogP contribution < -0.4 is 10.1 Å². The van der Waals surface area contributed by atoms with E-state index < -0.39 is 0 Å². The minimum absolute atomic E-state index is 0.243. The smallest absolute Gasteiger partial charge is 0.124 e. The standard InChI is InChI=1S/C15H22BrNO3/c1-18-8-6-17-10-12-9-13(16)4-5-15(12)20-11-14-3-2-7-19-14/h4-5,9,14,17H,2-3,6-8,10-11H2,1H3. The molecular formula is C15H22BrNO3. The first-order chi connectivity index (χ1) is 9.79. The highest BCUT2D eigenvalue weighted by atomic mass is 79.9. The van der Waals surface area contributed by atoms with Gasteiger partial charge in [-0.3, -0.25) is 0 Å². The lowest BCUT2D eigenvalue weighted by molar-refractivity contribution is 0.0675. The van der Waals surface area contributed by atoms with Crippen molar-refractivity contribution in [3.05, 3.63) is 28.2 Å². The van der Waals surface area contributed by atoms with Gasteiger partial charge in [-0.1, -0.05) is 15.9 Å². The van der Waals surface area contributed by atoms with Crippen molar-refractivity contribution in [1.82, 2.24) is 5.32 Å². The fourth-order valence-electron chi connectivity index (χ4n) is 2.18. The van der Waals surface area contributed by atoms with E-state index in [1.807, 2.05) is 12.1 Å². The van der Waals surface area contributed by atoms with Crippen molar-refractivity contribution in [2.75, 3.05) is 33.5 Å². The van der Waals surface area contributed by atoms with Gasteiger partial charge in [0.15, 0.2) is 0 Å². The summed E-state index contributed by atoms with van der Waals surface area (Å²) in [6, 6.07) is 6.10. The highest BCUT2D eigenvalue weighted by Crippen LogP contribution is 2.24. The molecule has 1 aliphatic rings. The Balaban J connectivity index is 1.88. The van der Waals surface area contributed by atoms with Crippen molar-refractivity contribution in [3.63, 3.8) is 0 Å². The van der Waals surface area contributed by atoms with Crippen LogP contribution in [0.5, 0.6) is 5.75 Å². The zero-order valence-corrected chi connectivity index (χ0v) is 13.4. The van der Waals surface area contributed by atoms with E-state index in [2.05, 4.69) is 27.3 Å². The molecule has 1 aliphatic heterocycles. The van der Waals surface area contributed by atoms with Crippen molar-refractivity contribution >= 4 is 15.9 Å². The molecule has 0 aliphatic carbocycles. The number of halogens is 1. The van der Waals surface area contributed by atoms with E-state index >= 15 is 0 Å². The number of benzene rings is 1. The normalized spacial score (nSPS) is 18.4. The maximum absolute atomic E-state index is 5.92. The molecule has 0 amide bonds. The second-order valence-electron chi connectivity index (χ2n) is 4.87. The van der Waals surface area contributed by atoms with Crippen molar-refractivity contribution in [2.45, 2.75) is 25.5 Å². The lowest BCUT2D eigenvalue weighted by Gasteiger charge is -2.15. The predicted molar refractivity (Wildman–Crippen MR) is 82.2 cm³/mol. The van der Waals surface area contributed by atoms with E-state index in [9.17, 15) is 0 Å². The van der Waals surface area contributed by atoms with Gasteiger partial charge in [-0.25, -0.2) is 0 Å². The van der Waals surface area contributed by atoms with E-state index in [4.69, 9.17) is 14.2 Å². The topological polar surface area (TPSA) is 39.7 Å². The molecule has 0 spiro atoms. The van der Waals surface area contributed by atoms with Crippen LogP contribution in [-0.2, 0) is 16.0 Å². The SMILES string of the molecule is COCCNCc1cc(Br)ccc1OCC1CCCO1. The molecule has 1 heterocycles. The van der Waals surface area contributed by atoms with E-state index in [0.717, 1.165) is 48.3 Å². The Bertz CT molecular complexity index is 408. The molecule has 1 atom stereocenters. The van der Waals surface area contributed by atoms with Crippen LogP contribution in [-0.4, -0.2) is 39.6 Å². The molecule has 1 saturated heterocycles. The van der Waals surface area contributed by atoms with Gasteiger partial charge < -0.3 is 19.5 Å². The van der Waals surface area contributed by atoms with E-state index in [1.54, 1.807) is 7.11 Å². The molecule has 1 fully saturated rings. The molecule has 1 N–H and O–H groups in total. The maximum atomic E-state index is 5.92. The summed E-state index contributed by atoms with van der Waals surface area (Å²) in [6.07, 6.45) is 2.48. The molecule has 1 aromatic rings. The van der Waals surface area contributed by atoms with Crippen LogP contribution in [0.15, 0.2) is 22.7 Å². The molecule has 0 bridgehead atoms. The van der Waals surface area contributed by atoms with Gasteiger partial charge in [0.25, 0.3) is 0 Å². The number of rotatable bonds is 8. The highest BCUT2D eigenvalue weighted by Gasteiger charge is 2.16. The molecule has 5 heteroatoms. The summed E-state index contributed by atoms with van der Waals surface area (Å²) in [5.41, 5.74) is 1.15. The minimum atomic E-state index is 0.243. The zero-order valence-electron chi connectivity index (χ0n) is 11.9. The van der Waals surface area contributed by atoms with Crippen molar-refractivity contribution < 1.29 is 14.2 Å². The summed E-state index contributed by atoms with van der Waals surface area (Å²) in [6.45, 7) is 3.80. The van der Waals surface area contributed by atoms with Gasteiger partial charge in [0.2, 0.25) is 0 Å². The minimum Gasteiger partial charge on any atom is -0.491 e. The summed E-state index contributed by atoms with van der Waals surface area (Å²) in [4.78, 5) is 0. The van der Waals surface area contributed by atoms with Crippen LogP contribution in [0.3, 0.4) is 0 Å². The summed E-state index contributed by atoms with van der Waals surface area (Å²) in [7, 11) is 1.71. The first-order valence-electron chi connectivity index (χ1n) is 7.02. The third-order valence-electron chi connectivity index (χ3n) is 3.27. The zero-order chi connectivity index (χ0) is 14.2. The Kier molecular flexibility index (Phi) is 6.79. The molecule has 0 aromatic heterocycles. The van der Waals surface area contributed by atoms with Crippen LogP contribution >= 0.6 is 15.9 Å². The van der Waals surface area contributed by atoms with Crippen molar-refractivity contribution in [2.24, 2.45) is 0 Å². The maximum Gasteiger partial charge on any atom is 0.124 e. The number of hydrogen-bond donors (Lipinski definition) is 1. The third-order valence-corrected chi connectivity index (χ3v) is 3.76. The summed E-state index contributed by atoms with van der Waals surface area (Å²) in [5, 5.41) is 3.34.